The molecule has 4 nitrogen and oxygen atoms in total. The molecule has 0 fully saturated rings. The van der Waals surface area contributed by atoms with Gasteiger partial charge in [-0.25, -0.2) is 0 Å². The number of anilines is 1. The highest BCUT2D eigenvalue weighted by Gasteiger charge is 2.31. The van der Waals surface area contributed by atoms with Crippen molar-refractivity contribution in [2.24, 2.45) is 0 Å². The largest absolute Gasteiger partial charge is 0.417 e. The fraction of sp³-hybridized carbons (Fsp3) is 0.0909. The van der Waals surface area contributed by atoms with Crippen molar-refractivity contribution in [3.8, 4) is 10.7 Å². The van der Waals surface area contributed by atoms with Crippen molar-refractivity contribution in [2.75, 3.05) is 5.73 Å². The minimum atomic E-state index is -4.40. The first-order valence-electron chi connectivity index (χ1n) is 5.23. The van der Waals surface area contributed by atoms with E-state index in [4.69, 9.17) is 5.73 Å². The molecule has 3 rings (SSSR count). The summed E-state index contributed by atoms with van der Waals surface area (Å²) >= 11 is 1.25. The Labute approximate surface area is 109 Å². The molecule has 0 aromatic carbocycles. The monoisotopic (exact) mass is 284 g/mol. The highest BCUT2D eigenvalue weighted by Crippen LogP contribution is 2.32. The van der Waals surface area contributed by atoms with Crippen LogP contribution in [0.2, 0.25) is 0 Å². The van der Waals surface area contributed by atoms with Gasteiger partial charge in [0, 0.05) is 6.20 Å². The SMILES string of the molecule is Nc1ccc(-c2nnc3ccc(C(F)(F)F)cn23)s1. The molecule has 0 bridgehead atoms. The lowest BCUT2D eigenvalue weighted by atomic mass is 10.3. The van der Waals surface area contributed by atoms with Gasteiger partial charge >= 0.3 is 6.18 Å². The van der Waals surface area contributed by atoms with E-state index in [1.807, 2.05) is 0 Å². The zero-order chi connectivity index (χ0) is 13.6. The highest BCUT2D eigenvalue weighted by atomic mass is 32.1. The smallest absolute Gasteiger partial charge is 0.391 e. The van der Waals surface area contributed by atoms with Crippen molar-refractivity contribution < 1.29 is 13.2 Å². The molecule has 98 valence electrons. The molecule has 0 saturated carbocycles. The summed E-state index contributed by atoms with van der Waals surface area (Å²) in [7, 11) is 0. The third kappa shape index (κ3) is 2.03. The van der Waals surface area contributed by atoms with Crippen LogP contribution >= 0.6 is 11.3 Å². The number of fused-ring (bicyclic) bond motifs is 1. The van der Waals surface area contributed by atoms with Gasteiger partial charge in [-0.15, -0.1) is 21.5 Å². The minimum Gasteiger partial charge on any atom is -0.391 e. The van der Waals surface area contributed by atoms with E-state index in [2.05, 4.69) is 10.2 Å². The Balaban J connectivity index is 2.21. The summed E-state index contributed by atoms with van der Waals surface area (Å²) in [6.07, 6.45) is -3.41. The molecule has 0 radical (unpaired) electrons. The summed E-state index contributed by atoms with van der Waals surface area (Å²) < 4.78 is 39.4. The van der Waals surface area contributed by atoms with Crippen molar-refractivity contribution >= 4 is 22.0 Å². The van der Waals surface area contributed by atoms with E-state index < -0.39 is 11.7 Å². The molecule has 0 atom stereocenters. The number of hydrogen-bond donors (Lipinski definition) is 1. The molecule has 3 aromatic rings. The maximum atomic E-state index is 12.7. The molecule has 0 spiro atoms. The molecule has 0 aliphatic heterocycles. The zero-order valence-electron chi connectivity index (χ0n) is 9.35. The van der Waals surface area contributed by atoms with Crippen LogP contribution in [0.1, 0.15) is 5.56 Å². The Kier molecular flexibility index (Phi) is 2.49. The molecule has 3 heterocycles. The second-order valence-corrected chi connectivity index (χ2v) is 4.98. The Bertz CT molecular complexity index is 744. The Morgan fingerprint density at radius 1 is 1.11 bits per heavy atom. The van der Waals surface area contributed by atoms with E-state index in [1.165, 1.54) is 21.8 Å². The van der Waals surface area contributed by atoms with Crippen molar-refractivity contribution in [2.45, 2.75) is 6.18 Å². The van der Waals surface area contributed by atoms with E-state index in [0.717, 1.165) is 12.3 Å². The summed E-state index contributed by atoms with van der Waals surface area (Å²) in [5.41, 5.74) is 5.22. The van der Waals surface area contributed by atoms with Gasteiger partial charge in [0.15, 0.2) is 11.5 Å². The van der Waals surface area contributed by atoms with Crippen LogP contribution in [0.3, 0.4) is 0 Å². The maximum absolute atomic E-state index is 12.7. The third-order valence-corrected chi connectivity index (χ3v) is 3.49. The van der Waals surface area contributed by atoms with Gasteiger partial charge in [0.05, 0.1) is 15.4 Å². The zero-order valence-corrected chi connectivity index (χ0v) is 10.2. The Hall–Kier alpha value is -2.09. The molecule has 0 aliphatic rings. The van der Waals surface area contributed by atoms with E-state index in [1.54, 1.807) is 12.1 Å². The van der Waals surface area contributed by atoms with Crippen molar-refractivity contribution in [1.82, 2.24) is 14.6 Å². The molecule has 0 aliphatic carbocycles. The van der Waals surface area contributed by atoms with Crippen LogP contribution in [0.4, 0.5) is 18.2 Å². The van der Waals surface area contributed by atoms with Gasteiger partial charge in [-0.05, 0) is 24.3 Å². The summed E-state index contributed by atoms with van der Waals surface area (Å²) in [5, 5.41) is 8.31. The summed E-state index contributed by atoms with van der Waals surface area (Å²) in [5.74, 6) is 0.350. The van der Waals surface area contributed by atoms with E-state index in [-0.39, 0.29) is 0 Å². The van der Waals surface area contributed by atoms with Gasteiger partial charge in [0.2, 0.25) is 0 Å². The maximum Gasteiger partial charge on any atom is 0.417 e. The first kappa shape index (κ1) is 12.0. The lowest BCUT2D eigenvalue weighted by Crippen LogP contribution is -2.06. The van der Waals surface area contributed by atoms with Crippen LogP contribution in [0, 0.1) is 0 Å². The van der Waals surface area contributed by atoms with Crippen LogP contribution in [0.5, 0.6) is 0 Å². The number of nitrogens with zero attached hydrogens (tertiary/aromatic N) is 3. The number of hydrogen-bond acceptors (Lipinski definition) is 4. The van der Waals surface area contributed by atoms with Crippen LogP contribution in [-0.4, -0.2) is 14.6 Å². The lowest BCUT2D eigenvalue weighted by molar-refractivity contribution is -0.137. The van der Waals surface area contributed by atoms with Crippen LogP contribution in [-0.2, 0) is 6.18 Å². The molecule has 0 saturated heterocycles. The first-order valence-corrected chi connectivity index (χ1v) is 6.04. The topological polar surface area (TPSA) is 56.2 Å². The number of thiophene rings is 1. The second-order valence-electron chi connectivity index (χ2n) is 3.87. The van der Waals surface area contributed by atoms with Gasteiger partial charge in [0.1, 0.15) is 0 Å². The van der Waals surface area contributed by atoms with Gasteiger partial charge in [-0.2, -0.15) is 13.2 Å². The molecular weight excluding hydrogens is 277 g/mol. The fourth-order valence-electron chi connectivity index (χ4n) is 1.70. The van der Waals surface area contributed by atoms with Gasteiger partial charge < -0.3 is 5.73 Å². The molecule has 8 heteroatoms. The van der Waals surface area contributed by atoms with Gasteiger partial charge in [-0.1, -0.05) is 0 Å². The van der Waals surface area contributed by atoms with Crippen LogP contribution in [0.15, 0.2) is 30.5 Å². The Morgan fingerprint density at radius 3 is 2.53 bits per heavy atom. The third-order valence-electron chi connectivity index (χ3n) is 2.58. The van der Waals surface area contributed by atoms with Crippen LogP contribution in [0.25, 0.3) is 16.3 Å². The number of nitrogen functional groups attached to an aromatic ring is 1. The first-order chi connectivity index (χ1) is 8.95. The fourth-order valence-corrected chi connectivity index (χ4v) is 2.46. The molecule has 2 N–H and O–H groups in total. The predicted molar refractivity (Wildman–Crippen MR) is 65.7 cm³/mol. The number of halogens is 3. The number of pyridine rings is 1. The second kappa shape index (κ2) is 3.95. The quantitative estimate of drug-likeness (QED) is 0.747. The normalized spacial score (nSPS) is 12.2. The lowest BCUT2D eigenvalue weighted by Gasteiger charge is -2.06. The summed E-state index contributed by atoms with van der Waals surface area (Å²) in [4.78, 5) is 0.671. The van der Waals surface area contributed by atoms with E-state index >= 15 is 0 Å². The molecular formula is C11H7F3N4S. The number of alkyl halides is 3. The average molecular weight is 284 g/mol. The van der Waals surface area contributed by atoms with E-state index in [9.17, 15) is 13.2 Å². The highest BCUT2D eigenvalue weighted by molar-refractivity contribution is 7.19. The van der Waals surface area contributed by atoms with Gasteiger partial charge in [0.25, 0.3) is 0 Å². The van der Waals surface area contributed by atoms with Crippen molar-refractivity contribution in [3.63, 3.8) is 0 Å². The average Bonchev–Trinajstić information content (AvgIpc) is 2.92. The molecule has 0 amide bonds. The molecule has 19 heavy (non-hydrogen) atoms. The van der Waals surface area contributed by atoms with Crippen molar-refractivity contribution in [1.29, 1.82) is 0 Å². The minimum absolute atomic E-state index is 0.350. The number of nitrogens with two attached hydrogens (primary N) is 1. The summed E-state index contributed by atoms with van der Waals surface area (Å²) in [6, 6.07) is 5.65. The number of rotatable bonds is 1. The molecule has 3 aromatic heterocycles. The van der Waals surface area contributed by atoms with Crippen molar-refractivity contribution in [3.05, 3.63) is 36.0 Å². The standard InChI is InChI=1S/C11H7F3N4S/c12-11(13,14)6-1-4-9-16-17-10(18(9)5-6)7-2-3-8(15)19-7/h1-5H,15H2. The predicted octanol–water partition coefficient (Wildman–Crippen LogP) is 3.06. The number of aromatic nitrogens is 3. The summed E-state index contributed by atoms with van der Waals surface area (Å²) in [6.45, 7) is 0. The van der Waals surface area contributed by atoms with E-state index in [0.29, 0.717) is 21.3 Å². The van der Waals surface area contributed by atoms with Crippen LogP contribution < -0.4 is 5.73 Å². The van der Waals surface area contributed by atoms with Gasteiger partial charge in [-0.3, -0.25) is 4.40 Å². The molecule has 0 unspecified atom stereocenters. The Morgan fingerprint density at radius 2 is 1.89 bits per heavy atom.